The van der Waals surface area contributed by atoms with E-state index in [0.29, 0.717) is 12.5 Å². The van der Waals surface area contributed by atoms with Gasteiger partial charge in [-0.15, -0.1) is 0 Å². The van der Waals surface area contributed by atoms with Crippen LogP contribution in [0.1, 0.15) is 31.9 Å². The molecule has 0 unspecified atom stereocenters. The first-order chi connectivity index (χ1) is 8.46. The highest BCUT2D eigenvalue weighted by atomic mass is 16.5. The molecule has 0 N–H and O–H groups in total. The van der Waals surface area contributed by atoms with Crippen LogP contribution in [0, 0.1) is 0 Å². The first-order valence-corrected chi connectivity index (χ1v) is 6.13. The Morgan fingerprint density at radius 3 is 2.44 bits per heavy atom. The average Bonchev–Trinajstić information content (AvgIpc) is 2.67. The summed E-state index contributed by atoms with van der Waals surface area (Å²) in [5.74, 6) is 0.712. The summed E-state index contributed by atoms with van der Waals surface area (Å²) in [6, 6.07) is 8.29. The molecule has 1 aliphatic rings. The molecule has 1 aliphatic heterocycles. The fourth-order valence-electron chi connectivity index (χ4n) is 1.75. The van der Waals surface area contributed by atoms with Gasteiger partial charge in [0, 0.05) is 6.08 Å². The van der Waals surface area contributed by atoms with Crippen molar-refractivity contribution in [2.45, 2.75) is 26.3 Å². The zero-order valence-electron chi connectivity index (χ0n) is 11.2. The van der Waals surface area contributed by atoms with Crippen molar-refractivity contribution in [2.75, 3.05) is 6.61 Å². The number of rotatable bonds is 3. The molecule has 0 aliphatic carbocycles. The summed E-state index contributed by atoms with van der Waals surface area (Å²) in [6.45, 7) is 10.7. The van der Waals surface area contributed by atoms with Crippen molar-refractivity contribution in [2.24, 2.45) is 4.99 Å². The van der Waals surface area contributed by atoms with Crippen LogP contribution in [0.15, 0.2) is 41.9 Å². The fourth-order valence-corrected chi connectivity index (χ4v) is 1.75. The van der Waals surface area contributed by atoms with Gasteiger partial charge in [-0.3, -0.25) is 0 Å². The molecule has 0 fully saturated rings. The van der Waals surface area contributed by atoms with E-state index in [4.69, 9.17) is 4.74 Å². The second-order valence-electron chi connectivity index (χ2n) is 5.29. The van der Waals surface area contributed by atoms with Gasteiger partial charge < -0.3 is 4.74 Å². The molecule has 1 heterocycles. The van der Waals surface area contributed by atoms with Gasteiger partial charge in [0.2, 0.25) is 5.90 Å². The molecule has 0 saturated heterocycles. The monoisotopic (exact) mass is 241 g/mol. The van der Waals surface area contributed by atoms with Gasteiger partial charge in [-0.05, 0) is 38.0 Å². The predicted octanol–water partition coefficient (Wildman–Crippen LogP) is 3.94. The molecule has 0 aromatic heterocycles. The number of aliphatic imine (C=N–C) groups is 1. The molecule has 0 amide bonds. The zero-order chi connectivity index (χ0) is 13.2. The summed E-state index contributed by atoms with van der Waals surface area (Å²) < 4.78 is 5.50. The van der Waals surface area contributed by atoms with Crippen molar-refractivity contribution in [1.82, 2.24) is 0 Å². The van der Waals surface area contributed by atoms with Gasteiger partial charge in [0.1, 0.15) is 6.61 Å². The smallest absolute Gasteiger partial charge is 0.209 e. The largest absolute Gasteiger partial charge is 0.475 e. The van der Waals surface area contributed by atoms with E-state index in [9.17, 15) is 0 Å². The summed E-state index contributed by atoms with van der Waals surface area (Å²) in [5, 5.41) is 0. The lowest BCUT2D eigenvalue weighted by atomic mass is 10.1. The number of nitrogens with zero attached hydrogens (tertiary/aromatic N) is 1. The van der Waals surface area contributed by atoms with Crippen LogP contribution < -0.4 is 0 Å². The molecule has 1 aromatic rings. The van der Waals surface area contributed by atoms with E-state index in [0.717, 1.165) is 11.1 Å². The summed E-state index contributed by atoms with van der Waals surface area (Å²) in [5.41, 5.74) is 3.29. The fraction of sp³-hybridized carbons (Fsp3) is 0.312. The number of allylic oxidation sites excluding steroid dienone is 1. The Kier molecular flexibility index (Phi) is 3.37. The lowest BCUT2D eigenvalue weighted by Crippen LogP contribution is -2.17. The van der Waals surface area contributed by atoms with Crippen molar-refractivity contribution in [3.05, 3.63) is 48.0 Å². The maximum Gasteiger partial charge on any atom is 0.209 e. The highest BCUT2D eigenvalue weighted by Gasteiger charge is 2.24. The van der Waals surface area contributed by atoms with Crippen molar-refractivity contribution in [3.8, 4) is 0 Å². The molecule has 0 radical (unpaired) electrons. The van der Waals surface area contributed by atoms with Crippen LogP contribution in [0.25, 0.3) is 11.6 Å². The Morgan fingerprint density at radius 2 is 1.94 bits per heavy atom. The molecular formula is C16H19NO. The van der Waals surface area contributed by atoms with Gasteiger partial charge in [-0.25, -0.2) is 4.99 Å². The first-order valence-electron chi connectivity index (χ1n) is 6.13. The predicted molar refractivity (Wildman–Crippen MR) is 77.7 cm³/mol. The van der Waals surface area contributed by atoms with Crippen molar-refractivity contribution in [3.63, 3.8) is 0 Å². The van der Waals surface area contributed by atoms with Crippen LogP contribution in [-0.4, -0.2) is 18.0 Å². The normalized spacial score (nSPS) is 17.6. The van der Waals surface area contributed by atoms with Gasteiger partial charge in [0.15, 0.2) is 0 Å². The maximum atomic E-state index is 5.50. The number of benzene rings is 1. The number of ether oxygens (including phenoxy) is 1. The quantitative estimate of drug-likeness (QED) is 0.785. The number of hydrogen-bond acceptors (Lipinski definition) is 2. The molecule has 0 bridgehead atoms. The van der Waals surface area contributed by atoms with Crippen LogP contribution in [0.5, 0.6) is 0 Å². The minimum atomic E-state index is -0.0938. The van der Waals surface area contributed by atoms with E-state index in [2.05, 4.69) is 49.7 Å². The van der Waals surface area contributed by atoms with Gasteiger partial charge in [0.05, 0.1) is 5.54 Å². The van der Waals surface area contributed by atoms with Gasteiger partial charge >= 0.3 is 0 Å². The lowest BCUT2D eigenvalue weighted by Gasteiger charge is -2.07. The highest BCUT2D eigenvalue weighted by molar-refractivity contribution is 5.93. The van der Waals surface area contributed by atoms with Crippen molar-refractivity contribution >= 4 is 17.5 Å². The van der Waals surface area contributed by atoms with Gasteiger partial charge in [-0.2, -0.15) is 0 Å². The molecule has 0 atom stereocenters. The second kappa shape index (κ2) is 4.81. The van der Waals surface area contributed by atoms with Crippen LogP contribution in [0.4, 0.5) is 0 Å². The minimum absolute atomic E-state index is 0.0938. The molecule has 1 aromatic carbocycles. The Bertz CT molecular complexity index is 506. The van der Waals surface area contributed by atoms with Crippen LogP contribution in [0.2, 0.25) is 0 Å². The molecule has 18 heavy (non-hydrogen) atoms. The van der Waals surface area contributed by atoms with E-state index in [-0.39, 0.29) is 5.54 Å². The summed E-state index contributed by atoms with van der Waals surface area (Å²) in [4.78, 5) is 4.47. The lowest BCUT2D eigenvalue weighted by molar-refractivity contribution is 0.280. The highest BCUT2D eigenvalue weighted by Crippen LogP contribution is 2.18. The standard InChI is InChI=1S/C16H19NO/c1-12(2)14-8-5-13(6-9-14)7-10-15-17-16(3,4)11-18-15/h5-10H,1,11H2,2-4H3/b10-7+. The molecule has 94 valence electrons. The third-order valence-corrected chi connectivity index (χ3v) is 2.81. The SMILES string of the molecule is C=C(C)c1ccc(/C=C/C2=NC(C)(C)CO2)cc1. The molecule has 2 rings (SSSR count). The first kappa shape index (κ1) is 12.6. The van der Waals surface area contributed by atoms with E-state index in [1.807, 2.05) is 19.1 Å². The molecule has 2 nitrogen and oxygen atoms in total. The van der Waals surface area contributed by atoms with Crippen LogP contribution >= 0.6 is 0 Å². The summed E-state index contributed by atoms with van der Waals surface area (Å²) in [7, 11) is 0. The van der Waals surface area contributed by atoms with E-state index in [1.165, 1.54) is 5.56 Å². The number of hydrogen-bond donors (Lipinski definition) is 0. The zero-order valence-corrected chi connectivity index (χ0v) is 11.2. The maximum absolute atomic E-state index is 5.50. The summed E-state index contributed by atoms with van der Waals surface area (Å²) in [6.07, 6.45) is 3.94. The van der Waals surface area contributed by atoms with Gasteiger partial charge in [0.25, 0.3) is 0 Å². The van der Waals surface area contributed by atoms with Crippen LogP contribution in [-0.2, 0) is 4.74 Å². The molecule has 2 heteroatoms. The van der Waals surface area contributed by atoms with E-state index in [1.54, 1.807) is 0 Å². The second-order valence-corrected chi connectivity index (χ2v) is 5.29. The topological polar surface area (TPSA) is 21.6 Å². The average molecular weight is 241 g/mol. The minimum Gasteiger partial charge on any atom is -0.475 e. The molecular weight excluding hydrogens is 222 g/mol. The van der Waals surface area contributed by atoms with E-state index >= 15 is 0 Å². The van der Waals surface area contributed by atoms with Crippen molar-refractivity contribution < 1.29 is 4.74 Å². The van der Waals surface area contributed by atoms with Crippen molar-refractivity contribution in [1.29, 1.82) is 0 Å². The van der Waals surface area contributed by atoms with Crippen LogP contribution in [0.3, 0.4) is 0 Å². The Morgan fingerprint density at radius 1 is 1.28 bits per heavy atom. The third kappa shape index (κ3) is 3.10. The van der Waals surface area contributed by atoms with Gasteiger partial charge in [-0.1, -0.05) is 36.4 Å². The molecule has 0 spiro atoms. The Hall–Kier alpha value is -1.83. The Labute approximate surface area is 109 Å². The van der Waals surface area contributed by atoms with E-state index < -0.39 is 0 Å². The Balaban J connectivity index is 2.08. The molecule has 0 saturated carbocycles. The summed E-state index contributed by atoms with van der Waals surface area (Å²) >= 11 is 0. The third-order valence-electron chi connectivity index (χ3n) is 2.81.